The van der Waals surface area contributed by atoms with Crippen LogP contribution in [0.2, 0.25) is 5.02 Å². The molecule has 0 aliphatic carbocycles. The number of hydrogen-bond acceptors (Lipinski definition) is 4. The molecule has 0 unspecified atom stereocenters. The third kappa shape index (κ3) is 3.69. The van der Waals surface area contributed by atoms with E-state index in [0.29, 0.717) is 22.2 Å². The highest BCUT2D eigenvalue weighted by Gasteiger charge is 2.37. The zero-order chi connectivity index (χ0) is 21.4. The maximum atomic E-state index is 13.0. The minimum atomic E-state index is -0.791. The fourth-order valence-corrected chi connectivity index (χ4v) is 3.49. The third-order valence-corrected chi connectivity index (χ3v) is 5.81. The van der Waals surface area contributed by atoms with Gasteiger partial charge in [-0.15, -0.1) is 0 Å². The number of rotatable bonds is 3. The van der Waals surface area contributed by atoms with Crippen LogP contribution in [0, 0.1) is 6.92 Å². The van der Waals surface area contributed by atoms with Gasteiger partial charge in [-0.3, -0.25) is 14.9 Å². The molecule has 4 amide bonds. The van der Waals surface area contributed by atoms with Crippen LogP contribution in [0.15, 0.2) is 69.1 Å². The van der Waals surface area contributed by atoms with Gasteiger partial charge >= 0.3 is 6.03 Å². The molecule has 1 N–H and O–H groups in total. The molecule has 0 atom stereocenters. The van der Waals surface area contributed by atoms with Gasteiger partial charge < -0.3 is 4.42 Å². The van der Waals surface area contributed by atoms with Crippen molar-refractivity contribution in [2.24, 2.45) is 0 Å². The molecule has 0 spiro atoms. The number of carbonyl (C=O) groups excluding carboxylic acids is 3. The number of nitrogens with one attached hydrogen (secondary N) is 1. The Bertz CT molecular complexity index is 1230. The maximum Gasteiger partial charge on any atom is 0.335 e. The van der Waals surface area contributed by atoms with Crippen molar-refractivity contribution in [3.8, 4) is 11.3 Å². The summed E-state index contributed by atoms with van der Waals surface area (Å²) in [6.45, 7) is 1.78. The van der Waals surface area contributed by atoms with E-state index in [4.69, 9.17) is 16.0 Å². The second kappa shape index (κ2) is 7.93. The zero-order valence-electron chi connectivity index (χ0n) is 15.6. The molecule has 150 valence electrons. The Morgan fingerprint density at radius 1 is 1.07 bits per heavy atom. The Hall–Kier alpha value is -3.16. The summed E-state index contributed by atoms with van der Waals surface area (Å²) in [5, 5.41) is 2.73. The summed E-state index contributed by atoms with van der Waals surface area (Å²) in [5.41, 5.74) is 1.67. The predicted octanol–water partition coefficient (Wildman–Crippen LogP) is 5.34. The van der Waals surface area contributed by atoms with Gasteiger partial charge in [-0.25, -0.2) is 9.69 Å². The Labute approximate surface area is 185 Å². The lowest BCUT2D eigenvalue weighted by Gasteiger charge is -2.27. The van der Waals surface area contributed by atoms with E-state index >= 15 is 0 Å². The minimum absolute atomic E-state index is 0.201. The van der Waals surface area contributed by atoms with Crippen LogP contribution in [0.3, 0.4) is 0 Å². The fourth-order valence-electron chi connectivity index (χ4n) is 3.07. The van der Waals surface area contributed by atoms with Gasteiger partial charge in [-0.2, -0.15) is 0 Å². The molecule has 1 fully saturated rings. The van der Waals surface area contributed by atoms with Gasteiger partial charge in [-0.1, -0.05) is 35.9 Å². The van der Waals surface area contributed by atoms with E-state index in [1.807, 2.05) is 6.07 Å². The lowest BCUT2D eigenvalue weighted by molar-refractivity contribution is -0.122. The van der Waals surface area contributed by atoms with Crippen molar-refractivity contribution >= 4 is 57.1 Å². The Morgan fingerprint density at radius 3 is 2.57 bits per heavy atom. The van der Waals surface area contributed by atoms with E-state index in [0.717, 1.165) is 20.5 Å². The number of nitrogens with zero attached hydrogens (tertiary/aromatic N) is 1. The van der Waals surface area contributed by atoms with E-state index in [1.165, 1.54) is 6.08 Å². The summed E-state index contributed by atoms with van der Waals surface area (Å²) in [4.78, 5) is 38.6. The summed E-state index contributed by atoms with van der Waals surface area (Å²) in [6.07, 6.45) is 1.32. The second-order valence-electron chi connectivity index (χ2n) is 6.58. The average molecular weight is 486 g/mol. The van der Waals surface area contributed by atoms with Crippen molar-refractivity contribution in [3.05, 3.63) is 81.0 Å². The van der Waals surface area contributed by atoms with E-state index < -0.39 is 17.8 Å². The SMILES string of the molecule is Cc1ccccc1N1C(=O)NC(=O)C(=Cc2ccc(-c3ccc(Br)c(Cl)c3)o2)C1=O. The standard InChI is InChI=1S/C22H14BrClN2O4/c1-12-4-2-3-5-18(12)26-21(28)15(20(27)25-22(26)29)11-14-7-9-19(30-14)13-6-8-16(23)17(24)10-13/h2-11H,1H3,(H,25,27,29). The molecule has 30 heavy (non-hydrogen) atoms. The van der Waals surface area contributed by atoms with Crippen LogP contribution in [0.25, 0.3) is 17.4 Å². The molecule has 0 saturated carbocycles. The largest absolute Gasteiger partial charge is 0.457 e. The average Bonchev–Trinajstić information content (AvgIpc) is 3.17. The van der Waals surface area contributed by atoms with Crippen LogP contribution < -0.4 is 10.2 Å². The lowest BCUT2D eigenvalue weighted by atomic mass is 10.1. The smallest absolute Gasteiger partial charge is 0.335 e. The first-order valence-electron chi connectivity index (χ1n) is 8.87. The summed E-state index contributed by atoms with van der Waals surface area (Å²) in [6, 6.07) is 14.8. The highest BCUT2D eigenvalue weighted by molar-refractivity contribution is 9.10. The molecule has 3 aromatic rings. The summed E-state index contributed by atoms with van der Waals surface area (Å²) < 4.78 is 6.53. The summed E-state index contributed by atoms with van der Waals surface area (Å²) in [5.74, 6) is -0.685. The number of carbonyl (C=O) groups is 3. The molecule has 1 aliphatic rings. The molecule has 1 aromatic heterocycles. The molecule has 2 heterocycles. The first-order valence-corrected chi connectivity index (χ1v) is 10.0. The van der Waals surface area contributed by atoms with Crippen molar-refractivity contribution in [1.29, 1.82) is 0 Å². The number of amides is 4. The van der Waals surface area contributed by atoms with Gasteiger partial charge in [0, 0.05) is 10.0 Å². The monoisotopic (exact) mass is 484 g/mol. The maximum absolute atomic E-state index is 13.0. The number of barbiturate groups is 1. The number of anilines is 1. The highest BCUT2D eigenvalue weighted by Crippen LogP contribution is 2.31. The highest BCUT2D eigenvalue weighted by atomic mass is 79.9. The molecular weight excluding hydrogens is 472 g/mol. The normalized spacial score (nSPS) is 15.6. The predicted molar refractivity (Wildman–Crippen MR) is 117 cm³/mol. The fraction of sp³-hybridized carbons (Fsp3) is 0.0455. The van der Waals surface area contributed by atoms with E-state index in [2.05, 4.69) is 21.2 Å². The van der Waals surface area contributed by atoms with E-state index in [-0.39, 0.29) is 5.57 Å². The lowest BCUT2D eigenvalue weighted by Crippen LogP contribution is -2.54. The molecule has 4 rings (SSSR count). The number of imide groups is 2. The Balaban J connectivity index is 1.69. The topological polar surface area (TPSA) is 79.6 Å². The van der Waals surface area contributed by atoms with Crippen LogP contribution in [0.4, 0.5) is 10.5 Å². The van der Waals surface area contributed by atoms with Crippen LogP contribution in [-0.4, -0.2) is 17.8 Å². The second-order valence-corrected chi connectivity index (χ2v) is 7.84. The van der Waals surface area contributed by atoms with Crippen molar-refractivity contribution < 1.29 is 18.8 Å². The first-order chi connectivity index (χ1) is 14.3. The van der Waals surface area contributed by atoms with Crippen LogP contribution in [-0.2, 0) is 9.59 Å². The summed E-state index contributed by atoms with van der Waals surface area (Å²) >= 11 is 9.46. The molecule has 8 heteroatoms. The number of halogens is 2. The van der Waals surface area contributed by atoms with Gasteiger partial charge in [0.2, 0.25) is 0 Å². The first kappa shape index (κ1) is 20.1. The van der Waals surface area contributed by atoms with Gasteiger partial charge in [0.05, 0.1) is 10.7 Å². The Kier molecular flexibility index (Phi) is 5.32. The molecule has 0 bridgehead atoms. The number of para-hydroxylation sites is 1. The minimum Gasteiger partial charge on any atom is -0.457 e. The van der Waals surface area contributed by atoms with Crippen molar-refractivity contribution in [3.63, 3.8) is 0 Å². The van der Waals surface area contributed by atoms with Gasteiger partial charge in [-0.05, 0) is 64.8 Å². The number of aryl methyl sites for hydroxylation is 1. The third-order valence-electron chi connectivity index (χ3n) is 4.58. The van der Waals surface area contributed by atoms with Crippen LogP contribution in [0.1, 0.15) is 11.3 Å². The molecule has 6 nitrogen and oxygen atoms in total. The zero-order valence-corrected chi connectivity index (χ0v) is 18.0. The van der Waals surface area contributed by atoms with Crippen LogP contribution >= 0.6 is 27.5 Å². The van der Waals surface area contributed by atoms with Gasteiger partial charge in [0.1, 0.15) is 17.1 Å². The van der Waals surface area contributed by atoms with Crippen molar-refractivity contribution in [1.82, 2.24) is 5.32 Å². The molecule has 2 aromatic carbocycles. The molecule has 1 saturated heterocycles. The molecular formula is C22H14BrClN2O4. The van der Waals surface area contributed by atoms with E-state index in [9.17, 15) is 14.4 Å². The quantitative estimate of drug-likeness (QED) is 0.401. The van der Waals surface area contributed by atoms with Gasteiger partial charge in [0.15, 0.2) is 0 Å². The molecule has 1 aliphatic heterocycles. The molecule has 0 radical (unpaired) electrons. The number of furan rings is 1. The van der Waals surface area contributed by atoms with Crippen LogP contribution in [0.5, 0.6) is 0 Å². The number of hydrogen-bond donors (Lipinski definition) is 1. The van der Waals surface area contributed by atoms with Crippen molar-refractivity contribution in [2.75, 3.05) is 4.90 Å². The van der Waals surface area contributed by atoms with E-state index in [1.54, 1.807) is 55.5 Å². The Morgan fingerprint density at radius 2 is 1.83 bits per heavy atom. The summed E-state index contributed by atoms with van der Waals surface area (Å²) in [7, 11) is 0. The van der Waals surface area contributed by atoms with Gasteiger partial charge in [0.25, 0.3) is 11.8 Å². The number of urea groups is 1. The van der Waals surface area contributed by atoms with Crippen molar-refractivity contribution in [2.45, 2.75) is 6.92 Å². The number of benzene rings is 2.